The van der Waals surface area contributed by atoms with Gasteiger partial charge in [-0.1, -0.05) is 0 Å². The van der Waals surface area contributed by atoms with E-state index in [4.69, 9.17) is 4.74 Å². The largest absolute Gasteiger partial charge is 0.444 e. The Balaban J connectivity index is 2.61. The second-order valence-electron chi connectivity index (χ2n) is 7.00. The number of amides is 2. The summed E-state index contributed by atoms with van der Waals surface area (Å²) in [5.74, 6) is -0.388. The average Bonchev–Trinajstić information content (AvgIpc) is 2.43. The van der Waals surface area contributed by atoms with Crippen molar-refractivity contribution in [3.8, 4) is 0 Å². The summed E-state index contributed by atoms with van der Waals surface area (Å²) in [6.07, 6.45) is -0.569. The Hall–Kier alpha value is -2.64. The van der Waals surface area contributed by atoms with Crippen LogP contribution in [-0.2, 0) is 4.74 Å². The molecule has 0 saturated heterocycles. The minimum atomic E-state index is -0.726. The van der Waals surface area contributed by atoms with Gasteiger partial charge in [0.1, 0.15) is 5.60 Å². The summed E-state index contributed by atoms with van der Waals surface area (Å²) in [5, 5.41) is 16.0. The molecule has 0 atom stereocenters. The minimum absolute atomic E-state index is 0.0857. The Kier molecular flexibility index (Phi) is 5.89. The van der Waals surface area contributed by atoms with Crippen molar-refractivity contribution >= 4 is 17.7 Å². The molecule has 0 unspecified atom stereocenters. The number of non-ortho nitro benzene ring substituents is 1. The van der Waals surface area contributed by atoms with Crippen molar-refractivity contribution in [2.45, 2.75) is 45.8 Å². The molecule has 0 bridgehead atoms. The Bertz CT molecular complexity index is 618. The van der Waals surface area contributed by atoms with Crippen LogP contribution in [0.25, 0.3) is 0 Å². The zero-order valence-electron chi connectivity index (χ0n) is 14.5. The monoisotopic (exact) mass is 337 g/mol. The Morgan fingerprint density at radius 3 is 2.12 bits per heavy atom. The molecular weight excluding hydrogens is 314 g/mol. The van der Waals surface area contributed by atoms with Gasteiger partial charge < -0.3 is 15.4 Å². The lowest BCUT2D eigenvalue weighted by Gasteiger charge is -2.27. The molecule has 0 aromatic heterocycles. The lowest BCUT2D eigenvalue weighted by Crippen LogP contribution is -2.52. The number of hydrogen-bond donors (Lipinski definition) is 2. The van der Waals surface area contributed by atoms with E-state index in [-0.39, 0.29) is 18.1 Å². The first kappa shape index (κ1) is 19.4. The van der Waals surface area contributed by atoms with Crippen LogP contribution in [0, 0.1) is 10.1 Å². The molecule has 0 heterocycles. The number of benzene rings is 1. The molecule has 0 fully saturated rings. The fourth-order valence-corrected chi connectivity index (χ4v) is 1.77. The number of nitro groups is 1. The van der Waals surface area contributed by atoms with Crippen LogP contribution in [0.5, 0.6) is 0 Å². The number of carbonyl (C=O) groups excluding carboxylic acids is 2. The highest BCUT2D eigenvalue weighted by atomic mass is 16.6. The molecule has 0 aliphatic carbocycles. The highest BCUT2D eigenvalue weighted by Crippen LogP contribution is 2.13. The highest BCUT2D eigenvalue weighted by molar-refractivity contribution is 5.94. The average molecular weight is 337 g/mol. The van der Waals surface area contributed by atoms with Crippen molar-refractivity contribution in [2.24, 2.45) is 0 Å². The summed E-state index contributed by atoms with van der Waals surface area (Å²) in [6, 6.07) is 5.29. The second-order valence-corrected chi connectivity index (χ2v) is 7.00. The van der Waals surface area contributed by atoms with E-state index in [1.807, 2.05) is 0 Å². The van der Waals surface area contributed by atoms with Crippen molar-refractivity contribution in [2.75, 3.05) is 6.54 Å². The summed E-state index contributed by atoms with van der Waals surface area (Å²) in [7, 11) is 0. The number of alkyl carbamates (subject to hydrolysis) is 1. The first-order chi connectivity index (χ1) is 10.9. The van der Waals surface area contributed by atoms with Crippen molar-refractivity contribution in [1.29, 1.82) is 0 Å². The fraction of sp³-hybridized carbons (Fsp3) is 0.500. The predicted octanol–water partition coefficient (Wildman–Crippen LogP) is 2.63. The van der Waals surface area contributed by atoms with E-state index >= 15 is 0 Å². The van der Waals surface area contributed by atoms with Crippen molar-refractivity contribution < 1.29 is 19.2 Å². The first-order valence-corrected chi connectivity index (χ1v) is 7.43. The summed E-state index contributed by atoms with van der Waals surface area (Å²) in [6.45, 7) is 8.93. The molecule has 0 aliphatic rings. The number of carbonyl (C=O) groups is 2. The summed E-state index contributed by atoms with van der Waals surface area (Å²) >= 11 is 0. The van der Waals surface area contributed by atoms with E-state index in [1.165, 1.54) is 24.3 Å². The maximum absolute atomic E-state index is 12.2. The minimum Gasteiger partial charge on any atom is -0.444 e. The van der Waals surface area contributed by atoms with Gasteiger partial charge >= 0.3 is 6.09 Å². The molecule has 132 valence electrons. The van der Waals surface area contributed by atoms with Crippen LogP contribution in [0.3, 0.4) is 0 Å². The van der Waals surface area contributed by atoms with E-state index in [0.29, 0.717) is 5.56 Å². The molecule has 2 amide bonds. The smallest absolute Gasteiger partial charge is 0.407 e. The third-order valence-electron chi connectivity index (χ3n) is 2.87. The van der Waals surface area contributed by atoms with E-state index in [2.05, 4.69) is 10.6 Å². The van der Waals surface area contributed by atoms with Crippen molar-refractivity contribution in [3.63, 3.8) is 0 Å². The van der Waals surface area contributed by atoms with Gasteiger partial charge in [-0.15, -0.1) is 0 Å². The highest BCUT2D eigenvalue weighted by Gasteiger charge is 2.24. The quantitative estimate of drug-likeness (QED) is 0.634. The Morgan fingerprint density at radius 1 is 1.12 bits per heavy atom. The Labute approximate surface area is 140 Å². The predicted molar refractivity (Wildman–Crippen MR) is 88.9 cm³/mol. The molecule has 0 aliphatic heterocycles. The van der Waals surface area contributed by atoms with Crippen LogP contribution in [0.1, 0.15) is 45.0 Å². The van der Waals surface area contributed by atoms with E-state index in [0.717, 1.165) is 0 Å². The van der Waals surface area contributed by atoms with Crippen LogP contribution in [0.15, 0.2) is 24.3 Å². The lowest BCUT2D eigenvalue weighted by atomic mass is 10.0. The molecule has 1 aromatic rings. The van der Waals surface area contributed by atoms with E-state index in [1.54, 1.807) is 34.6 Å². The molecular formula is C16H23N3O5. The SMILES string of the molecule is CC(C)(CNC(=O)OC(C)(C)C)NC(=O)c1ccc([N+](=O)[O-])cc1. The first-order valence-electron chi connectivity index (χ1n) is 7.43. The van der Waals surface area contributed by atoms with Crippen LogP contribution >= 0.6 is 0 Å². The van der Waals surface area contributed by atoms with E-state index < -0.39 is 22.2 Å². The molecule has 8 heteroatoms. The lowest BCUT2D eigenvalue weighted by molar-refractivity contribution is -0.384. The zero-order valence-corrected chi connectivity index (χ0v) is 14.5. The maximum atomic E-state index is 12.2. The van der Waals surface area contributed by atoms with Gasteiger partial charge in [-0.25, -0.2) is 4.79 Å². The number of nitro benzene ring substituents is 1. The molecule has 2 N–H and O–H groups in total. The molecule has 1 aromatic carbocycles. The van der Waals surface area contributed by atoms with Crippen LogP contribution in [0.2, 0.25) is 0 Å². The number of rotatable bonds is 5. The van der Waals surface area contributed by atoms with Crippen LogP contribution < -0.4 is 10.6 Å². The maximum Gasteiger partial charge on any atom is 0.407 e. The molecule has 0 spiro atoms. The van der Waals surface area contributed by atoms with Gasteiger partial charge in [-0.2, -0.15) is 0 Å². The van der Waals surface area contributed by atoms with Crippen LogP contribution in [-0.4, -0.2) is 34.6 Å². The molecule has 0 saturated carbocycles. The van der Waals surface area contributed by atoms with Gasteiger partial charge in [0.2, 0.25) is 0 Å². The molecule has 0 radical (unpaired) electrons. The third kappa shape index (κ3) is 6.64. The Morgan fingerprint density at radius 2 is 1.67 bits per heavy atom. The van der Waals surface area contributed by atoms with Crippen molar-refractivity contribution in [3.05, 3.63) is 39.9 Å². The number of ether oxygens (including phenoxy) is 1. The summed E-state index contributed by atoms with van der Waals surface area (Å²) in [4.78, 5) is 33.9. The second kappa shape index (κ2) is 7.29. The summed E-state index contributed by atoms with van der Waals surface area (Å²) < 4.78 is 5.13. The summed E-state index contributed by atoms with van der Waals surface area (Å²) in [5.41, 5.74) is -1.12. The molecule has 1 rings (SSSR count). The van der Waals surface area contributed by atoms with Gasteiger partial charge in [0.25, 0.3) is 11.6 Å². The van der Waals surface area contributed by atoms with Gasteiger partial charge in [0.05, 0.1) is 10.5 Å². The standard InChI is InChI=1S/C16H23N3O5/c1-15(2,3)24-14(21)17-10-16(4,5)18-13(20)11-6-8-12(9-7-11)19(22)23/h6-9H,10H2,1-5H3,(H,17,21)(H,18,20). The van der Waals surface area contributed by atoms with Gasteiger partial charge in [0, 0.05) is 24.2 Å². The number of nitrogens with one attached hydrogen (secondary N) is 2. The fourth-order valence-electron chi connectivity index (χ4n) is 1.77. The van der Waals surface area contributed by atoms with Gasteiger partial charge in [-0.05, 0) is 46.8 Å². The molecule has 24 heavy (non-hydrogen) atoms. The zero-order chi connectivity index (χ0) is 18.5. The van der Waals surface area contributed by atoms with Crippen molar-refractivity contribution in [1.82, 2.24) is 10.6 Å². The molecule has 8 nitrogen and oxygen atoms in total. The van der Waals surface area contributed by atoms with Gasteiger partial charge in [-0.3, -0.25) is 14.9 Å². The van der Waals surface area contributed by atoms with E-state index in [9.17, 15) is 19.7 Å². The van der Waals surface area contributed by atoms with Gasteiger partial charge in [0.15, 0.2) is 0 Å². The number of nitrogens with zero attached hydrogens (tertiary/aromatic N) is 1. The third-order valence-corrected chi connectivity index (χ3v) is 2.87. The topological polar surface area (TPSA) is 111 Å². The normalized spacial score (nSPS) is 11.5. The number of hydrogen-bond acceptors (Lipinski definition) is 5. The van der Waals surface area contributed by atoms with Crippen LogP contribution in [0.4, 0.5) is 10.5 Å².